The molecule has 0 bridgehead atoms. The molecule has 0 fully saturated rings. The van der Waals surface area contributed by atoms with E-state index in [1.165, 1.54) is 0 Å². The lowest BCUT2D eigenvalue weighted by atomic mass is 10.1. The van der Waals surface area contributed by atoms with Crippen molar-refractivity contribution in [3.63, 3.8) is 0 Å². The van der Waals surface area contributed by atoms with Crippen LogP contribution in [0.1, 0.15) is 18.5 Å². The number of methoxy groups -OCH3 is 1. The summed E-state index contributed by atoms with van der Waals surface area (Å²) < 4.78 is 10.1. The number of aliphatic hydroxyl groups is 1. The van der Waals surface area contributed by atoms with E-state index in [-0.39, 0.29) is 6.04 Å². The van der Waals surface area contributed by atoms with Gasteiger partial charge in [-0.15, -0.1) is 0 Å². The van der Waals surface area contributed by atoms with Crippen LogP contribution in [0.15, 0.2) is 24.3 Å². The van der Waals surface area contributed by atoms with Gasteiger partial charge in [-0.2, -0.15) is 0 Å². The maximum Gasteiger partial charge on any atom is 0.0897 e. The van der Waals surface area contributed by atoms with Gasteiger partial charge in [0.1, 0.15) is 0 Å². The molecular weight excluding hydrogens is 266 g/mol. The molecule has 0 radical (unpaired) electrons. The first-order chi connectivity index (χ1) is 9.13. The number of nitrogens with one attached hydrogen (secondary N) is 1. The Hall–Kier alpha value is -0.650. The standard InChI is InChI=1S/C14H22ClNO3/c1-11(12-3-5-13(15)6-4-12)16-9-14(17)10-19-8-7-18-2/h3-6,11,14,16-17H,7-10H2,1-2H3. The highest BCUT2D eigenvalue weighted by atomic mass is 35.5. The van der Waals surface area contributed by atoms with Crippen LogP contribution in [0.4, 0.5) is 0 Å². The van der Waals surface area contributed by atoms with Crippen LogP contribution in [0, 0.1) is 0 Å². The van der Waals surface area contributed by atoms with Gasteiger partial charge in [0.2, 0.25) is 0 Å². The summed E-state index contributed by atoms with van der Waals surface area (Å²) in [4.78, 5) is 0. The summed E-state index contributed by atoms with van der Waals surface area (Å²) in [7, 11) is 1.62. The molecule has 0 aromatic heterocycles. The van der Waals surface area contributed by atoms with Crippen molar-refractivity contribution in [2.45, 2.75) is 19.1 Å². The van der Waals surface area contributed by atoms with Gasteiger partial charge in [-0.1, -0.05) is 23.7 Å². The summed E-state index contributed by atoms with van der Waals surface area (Å²) in [5.41, 5.74) is 1.14. The topological polar surface area (TPSA) is 50.7 Å². The molecule has 0 spiro atoms. The summed E-state index contributed by atoms with van der Waals surface area (Å²) >= 11 is 5.84. The number of aliphatic hydroxyl groups excluding tert-OH is 1. The number of hydrogen-bond acceptors (Lipinski definition) is 4. The zero-order valence-corrected chi connectivity index (χ0v) is 12.2. The van der Waals surface area contributed by atoms with Crippen molar-refractivity contribution in [1.29, 1.82) is 0 Å². The number of halogens is 1. The molecule has 19 heavy (non-hydrogen) atoms. The van der Waals surface area contributed by atoms with Crippen LogP contribution >= 0.6 is 11.6 Å². The molecule has 2 unspecified atom stereocenters. The lowest BCUT2D eigenvalue weighted by Crippen LogP contribution is -2.32. The van der Waals surface area contributed by atoms with Crippen LogP contribution in [-0.2, 0) is 9.47 Å². The second-order valence-corrected chi connectivity index (χ2v) is 4.84. The first-order valence-electron chi connectivity index (χ1n) is 6.37. The predicted octanol–water partition coefficient (Wildman–Crippen LogP) is 2.01. The molecule has 0 aliphatic carbocycles. The van der Waals surface area contributed by atoms with Gasteiger partial charge in [-0.05, 0) is 24.6 Å². The van der Waals surface area contributed by atoms with Gasteiger partial charge in [-0.3, -0.25) is 0 Å². The molecule has 0 amide bonds. The van der Waals surface area contributed by atoms with Gasteiger partial charge < -0.3 is 19.9 Å². The zero-order chi connectivity index (χ0) is 14.1. The summed E-state index contributed by atoms with van der Waals surface area (Å²) in [6.07, 6.45) is -0.522. The second kappa shape index (κ2) is 9.28. The van der Waals surface area contributed by atoms with Crippen LogP contribution in [0.2, 0.25) is 5.02 Å². The third-order valence-electron chi connectivity index (χ3n) is 2.77. The van der Waals surface area contributed by atoms with E-state index in [0.29, 0.717) is 26.4 Å². The number of ether oxygens (including phenoxy) is 2. The molecule has 4 nitrogen and oxygen atoms in total. The smallest absolute Gasteiger partial charge is 0.0897 e. The van der Waals surface area contributed by atoms with Gasteiger partial charge in [0.15, 0.2) is 0 Å². The molecule has 108 valence electrons. The summed E-state index contributed by atoms with van der Waals surface area (Å²) in [6.45, 7) is 3.88. The van der Waals surface area contributed by atoms with Gasteiger partial charge in [0.05, 0.1) is 25.9 Å². The molecule has 0 saturated carbocycles. The quantitative estimate of drug-likeness (QED) is 0.682. The van der Waals surface area contributed by atoms with E-state index in [9.17, 15) is 5.11 Å². The number of hydrogen-bond donors (Lipinski definition) is 2. The van der Waals surface area contributed by atoms with Crippen LogP contribution in [0.5, 0.6) is 0 Å². The summed E-state index contributed by atoms with van der Waals surface area (Å²) in [5, 5.41) is 13.7. The van der Waals surface area contributed by atoms with E-state index >= 15 is 0 Å². The van der Waals surface area contributed by atoms with Crippen molar-refractivity contribution >= 4 is 11.6 Å². The molecule has 0 saturated heterocycles. The minimum atomic E-state index is -0.522. The van der Waals surface area contributed by atoms with Crippen molar-refractivity contribution in [1.82, 2.24) is 5.32 Å². The monoisotopic (exact) mass is 287 g/mol. The molecule has 0 aliphatic heterocycles. The second-order valence-electron chi connectivity index (χ2n) is 4.40. The van der Waals surface area contributed by atoms with Crippen LogP contribution in [0.25, 0.3) is 0 Å². The highest BCUT2D eigenvalue weighted by Crippen LogP contribution is 2.15. The van der Waals surface area contributed by atoms with Gasteiger partial charge >= 0.3 is 0 Å². The van der Waals surface area contributed by atoms with Crippen molar-refractivity contribution in [3.8, 4) is 0 Å². The third kappa shape index (κ3) is 6.89. The van der Waals surface area contributed by atoms with Crippen molar-refractivity contribution in [3.05, 3.63) is 34.9 Å². The third-order valence-corrected chi connectivity index (χ3v) is 3.02. The number of benzene rings is 1. The molecule has 5 heteroatoms. The minimum absolute atomic E-state index is 0.158. The van der Waals surface area contributed by atoms with Crippen molar-refractivity contribution < 1.29 is 14.6 Å². The normalized spacial score (nSPS) is 14.3. The molecule has 1 rings (SSSR count). The van der Waals surface area contributed by atoms with Crippen molar-refractivity contribution in [2.75, 3.05) is 33.5 Å². The maximum atomic E-state index is 9.74. The fourth-order valence-corrected chi connectivity index (χ4v) is 1.73. The van der Waals surface area contributed by atoms with E-state index in [2.05, 4.69) is 5.32 Å². The minimum Gasteiger partial charge on any atom is -0.389 e. The average molecular weight is 288 g/mol. The Morgan fingerprint density at radius 3 is 2.58 bits per heavy atom. The lowest BCUT2D eigenvalue weighted by Gasteiger charge is -2.17. The van der Waals surface area contributed by atoms with Gasteiger partial charge in [-0.25, -0.2) is 0 Å². The first-order valence-corrected chi connectivity index (χ1v) is 6.75. The molecule has 2 atom stereocenters. The molecule has 0 aliphatic rings. The lowest BCUT2D eigenvalue weighted by molar-refractivity contribution is 0.0130. The van der Waals surface area contributed by atoms with Crippen LogP contribution < -0.4 is 5.32 Å². The Morgan fingerprint density at radius 2 is 1.95 bits per heavy atom. The SMILES string of the molecule is COCCOCC(O)CNC(C)c1ccc(Cl)cc1. The average Bonchev–Trinajstić information content (AvgIpc) is 2.42. The van der Waals surface area contributed by atoms with Gasteiger partial charge in [0, 0.05) is 24.7 Å². The molecule has 0 heterocycles. The Bertz CT molecular complexity index is 345. The highest BCUT2D eigenvalue weighted by molar-refractivity contribution is 6.30. The van der Waals surface area contributed by atoms with E-state index in [1.54, 1.807) is 7.11 Å². The summed E-state index contributed by atoms with van der Waals surface area (Å²) in [6, 6.07) is 7.83. The van der Waals surface area contributed by atoms with E-state index < -0.39 is 6.10 Å². The molecule has 2 N–H and O–H groups in total. The molecule has 1 aromatic carbocycles. The molecule has 1 aromatic rings. The van der Waals surface area contributed by atoms with Crippen LogP contribution in [-0.4, -0.2) is 44.7 Å². The Labute approximate surface area is 119 Å². The van der Waals surface area contributed by atoms with E-state index in [0.717, 1.165) is 10.6 Å². The van der Waals surface area contributed by atoms with Crippen molar-refractivity contribution in [2.24, 2.45) is 0 Å². The number of rotatable bonds is 9. The van der Waals surface area contributed by atoms with E-state index in [4.69, 9.17) is 21.1 Å². The Balaban J connectivity index is 2.22. The largest absolute Gasteiger partial charge is 0.389 e. The van der Waals surface area contributed by atoms with E-state index in [1.807, 2.05) is 31.2 Å². The maximum absolute atomic E-state index is 9.74. The fraction of sp³-hybridized carbons (Fsp3) is 0.571. The zero-order valence-electron chi connectivity index (χ0n) is 11.4. The predicted molar refractivity (Wildman–Crippen MR) is 76.6 cm³/mol. The van der Waals surface area contributed by atoms with Crippen LogP contribution in [0.3, 0.4) is 0 Å². The van der Waals surface area contributed by atoms with Gasteiger partial charge in [0.25, 0.3) is 0 Å². The fourth-order valence-electron chi connectivity index (χ4n) is 1.60. The molecular formula is C14H22ClNO3. The Morgan fingerprint density at radius 1 is 1.26 bits per heavy atom. The Kier molecular flexibility index (Phi) is 8.02. The highest BCUT2D eigenvalue weighted by Gasteiger charge is 2.08. The summed E-state index contributed by atoms with van der Waals surface area (Å²) in [5.74, 6) is 0. The first kappa shape index (κ1) is 16.4.